The average Bonchev–Trinajstić information content (AvgIpc) is 2.73. The highest BCUT2D eigenvalue weighted by atomic mass is 16.4. The summed E-state index contributed by atoms with van der Waals surface area (Å²) in [7, 11) is 0. The molecule has 1 rings (SSSR count). The van der Waals surface area contributed by atoms with E-state index in [1.165, 1.54) is 0 Å². The fraction of sp³-hybridized carbons (Fsp3) is 0.833. The molecule has 1 saturated carbocycles. The Labute approximate surface area is 96.4 Å². The lowest BCUT2D eigenvalue weighted by molar-refractivity contribution is -0.137. The van der Waals surface area contributed by atoms with Gasteiger partial charge in [0.05, 0.1) is 0 Å². The van der Waals surface area contributed by atoms with E-state index in [9.17, 15) is 9.59 Å². The standard InChI is InChI=1S/C12H21NO3/c1-2-12(7-3-4-8-12)11(16)13-9-5-6-10(14)15/h2-9H2,1H3,(H,13,16)(H,14,15). The summed E-state index contributed by atoms with van der Waals surface area (Å²) >= 11 is 0. The van der Waals surface area contributed by atoms with Crippen molar-refractivity contribution in [3.8, 4) is 0 Å². The number of carbonyl (C=O) groups is 2. The lowest BCUT2D eigenvalue weighted by Gasteiger charge is -2.25. The van der Waals surface area contributed by atoms with Crippen molar-refractivity contribution in [1.82, 2.24) is 5.32 Å². The van der Waals surface area contributed by atoms with Gasteiger partial charge in [-0.25, -0.2) is 0 Å². The minimum atomic E-state index is -0.805. The topological polar surface area (TPSA) is 66.4 Å². The fourth-order valence-electron chi connectivity index (χ4n) is 2.42. The maximum absolute atomic E-state index is 12.0. The maximum Gasteiger partial charge on any atom is 0.303 e. The highest BCUT2D eigenvalue weighted by Gasteiger charge is 2.38. The minimum Gasteiger partial charge on any atom is -0.481 e. The van der Waals surface area contributed by atoms with Gasteiger partial charge in [0.25, 0.3) is 0 Å². The molecule has 0 heterocycles. The van der Waals surface area contributed by atoms with Gasteiger partial charge in [-0.3, -0.25) is 9.59 Å². The van der Waals surface area contributed by atoms with Gasteiger partial charge in [0, 0.05) is 18.4 Å². The molecule has 0 unspecified atom stereocenters. The molecule has 1 amide bonds. The monoisotopic (exact) mass is 227 g/mol. The Hall–Kier alpha value is -1.06. The Bertz CT molecular complexity index is 257. The number of amides is 1. The molecule has 2 N–H and O–H groups in total. The van der Waals surface area contributed by atoms with Crippen molar-refractivity contribution in [3.63, 3.8) is 0 Å². The van der Waals surface area contributed by atoms with Crippen molar-refractivity contribution in [2.45, 2.75) is 51.9 Å². The van der Waals surface area contributed by atoms with Crippen molar-refractivity contribution in [3.05, 3.63) is 0 Å². The van der Waals surface area contributed by atoms with Gasteiger partial charge in [-0.15, -0.1) is 0 Å². The number of nitrogens with one attached hydrogen (secondary N) is 1. The molecule has 0 spiro atoms. The molecule has 0 aliphatic heterocycles. The third-order valence-corrected chi connectivity index (χ3v) is 3.57. The van der Waals surface area contributed by atoms with Crippen LogP contribution in [0.4, 0.5) is 0 Å². The van der Waals surface area contributed by atoms with Crippen LogP contribution in [-0.4, -0.2) is 23.5 Å². The van der Waals surface area contributed by atoms with Crippen LogP contribution in [0.25, 0.3) is 0 Å². The number of hydrogen-bond donors (Lipinski definition) is 2. The molecule has 0 saturated heterocycles. The lowest BCUT2D eigenvalue weighted by atomic mass is 9.82. The molecule has 0 radical (unpaired) electrons. The second kappa shape index (κ2) is 5.87. The van der Waals surface area contributed by atoms with Gasteiger partial charge in [-0.1, -0.05) is 19.8 Å². The van der Waals surface area contributed by atoms with Crippen molar-refractivity contribution in [1.29, 1.82) is 0 Å². The summed E-state index contributed by atoms with van der Waals surface area (Å²) in [5.41, 5.74) is -0.163. The molecule has 0 atom stereocenters. The van der Waals surface area contributed by atoms with Crippen molar-refractivity contribution in [2.24, 2.45) is 5.41 Å². The Morgan fingerprint density at radius 3 is 2.44 bits per heavy atom. The van der Waals surface area contributed by atoms with Crippen LogP contribution in [0.3, 0.4) is 0 Å². The highest BCUT2D eigenvalue weighted by Crippen LogP contribution is 2.40. The van der Waals surface area contributed by atoms with E-state index >= 15 is 0 Å². The third kappa shape index (κ3) is 3.22. The normalized spacial score (nSPS) is 18.3. The Morgan fingerprint density at radius 2 is 1.94 bits per heavy atom. The first-order valence-electron chi connectivity index (χ1n) is 6.11. The summed E-state index contributed by atoms with van der Waals surface area (Å²) in [5.74, 6) is -0.682. The van der Waals surface area contributed by atoms with E-state index in [1.807, 2.05) is 0 Å². The smallest absolute Gasteiger partial charge is 0.303 e. The number of carboxylic acids is 1. The highest BCUT2D eigenvalue weighted by molar-refractivity contribution is 5.82. The summed E-state index contributed by atoms with van der Waals surface area (Å²) in [6, 6.07) is 0. The minimum absolute atomic E-state index is 0.123. The first kappa shape index (κ1) is 13.0. The van der Waals surface area contributed by atoms with E-state index in [0.29, 0.717) is 13.0 Å². The first-order valence-corrected chi connectivity index (χ1v) is 6.11. The molecule has 0 aromatic heterocycles. The van der Waals surface area contributed by atoms with Gasteiger partial charge >= 0.3 is 5.97 Å². The van der Waals surface area contributed by atoms with Crippen molar-refractivity contribution >= 4 is 11.9 Å². The molecule has 4 heteroatoms. The van der Waals surface area contributed by atoms with E-state index in [-0.39, 0.29) is 17.7 Å². The number of hydrogen-bond acceptors (Lipinski definition) is 2. The number of rotatable bonds is 6. The average molecular weight is 227 g/mol. The van der Waals surface area contributed by atoms with Gasteiger partial charge in [-0.2, -0.15) is 0 Å². The van der Waals surface area contributed by atoms with Gasteiger partial charge in [0.15, 0.2) is 0 Å². The zero-order chi connectivity index (χ0) is 12.0. The van der Waals surface area contributed by atoms with E-state index < -0.39 is 5.97 Å². The third-order valence-electron chi connectivity index (χ3n) is 3.57. The van der Waals surface area contributed by atoms with E-state index in [4.69, 9.17) is 5.11 Å². The Kier molecular flexibility index (Phi) is 4.77. The van der Waals surface area contributed by atoms with Gasteiger partial charge < -0.3 is 10.4 Å². The molecule has 0 bridgehead atoms. The molecular weight excluding hydrogens is 206 g/mol. The second-order valence-corrected chi connectivity index (χ2v) is 4.59. The Balaban J connectivity index is 2.30. The maximum atomic E-state index is 12.0. The van der Waals surface area contributed by atoms with E-state index in [1.54, 1.807) is 0 Å². The van der Waals surface area contributed by atoms with E-state index in [2.05, 4.69) is 12.2 Å². The van der Waals surface area contributed by atoms with Gasteiger partial charge in [-0.05, 0) is 25.7 Å². The van der Waals surface area contributed by atoms with Gasteiger partial charge in [0.1, 0.15) is 0 Å². The summed E-state index contributed by atoms with van der Waals surface area (Å²) in [4.78, 5) is 22.3. The first-order chi connectivity index (χ1) is 7.60. The van der Waals surface area contributed by atoms with Crippen LogP contribution in [0.2, 0.25) is 0 Å². The predicted molar refractivity (Wildman–Crippen MR) is 61.1 cm³/mol. The number of carbonyl (C=O) groups excluding carboxylic acids is 1. The molecular formula is C12H21NO3. The van der Waals surface area contributed by atoms with Crippen molar-refractivity contribution < 1.29 is 14.7 Å². The summed E-state index contributed by atoms with van der Waals surface area (Å²) in [5, 5.41) is 11.3. The molecule has 1 aliphatic carbocycles. The molecule has 4 nitrogen and oxygen atoms in total. The second-order valence-electron chi connectivity index (χ2n) is 4.59. The van der Waals surface area contributed by atoms with Crippen LogP contribution in [0.15, 0.2) is 0 Å². The SMILES string of the molecule is CCC1(C(=O)NCCCC(=O)O)CCCC1. The van der Waals surface area contributed by atoms with Crippen LogP contribution in [0.1, 0.15) is 51.9 Å². The van der Waals surface area contributed by atoms with Crippen LogP contribution in [0, 0.1) is 5.41 Å². The predicted octanol–water partition coefficient (Wildman–Crippen LogP) is 1.94. The van der Waals surface area contributed by atoms with E-state index in [0.717, 1.165) is 32.1 Å². The lowest BCUT2D eigenvalue weighted by Crippen LogP contribution is -2.39. The summed E-state index contributed by atoms with van der Waals surface area (Å²) in [6.07, 6.45) is 5.76. The molecule has 0 aromatic carbocycles. The molecule has 0 aromatic rings. The fourth-order valence-corrected chi connectivity index (χ4v) is 2.42. The summed E-state index contributed by atoms with van der Waals surface area (Å²) < 4.78 is 0. The quantitative estimate of drug-likeness (QED) is 0.681. The van der Waals surface area contributed by atoms with Crippen molar-refractivity contribution in [2.75, 3.05) is 6.54 Å². The zero-order valence-electron chi connectivity index (χ0n) is 9.92. The molecule has 92 valence electrons. The van der Waals surface area contributed by atoms with Crippen LogP contribution in [-0.2, 0) is 9.59 Å². The zero-order valence-corrected chi connectivity index (χ0v) is 9.92. The number of carboxylic acid groups (broad SMARTS) is 1. The van der Waals surface area contributed by atoms with Crippen LogP contribution < -0.4 is 5.32 Å². The van der Waals surface area contributed by atoms with Crippen LogP contribution in [0.5, 0.6) is 0 Å². The van der Waals surface area contributed by atoms with Crippen LogP contribution >= 0.6 is 0 Å². The summed E-state index contributed by atoms with van der Waals surface area (Å²) in [6.45, 7) is 2.54. The Morgan fingerprint density at radius 1 is 1.31 bits per heavy atom. The van der Waals surface area contributed by atoms with Gasteiger partial charge in [0.2, 0.25) is 5.91 Å². The molecule has 1 aliphatic rings. The molecule has 1 fully saturated rings. The number of aliphatic carboxylic acids is 1. The molecule has 16 heavy (non-hydrogen) atoms. The largest absolute Gasteiger partial charge is 0.481 e.